The Morgan fingerprint density at radius 3 is 1.47 bits per heavy atom. The van der Waals surface area contributed by atoms with Gasteiger partial charge in [-0.2, -0.15) is 0 Å². The first-order chi connectivity index (χ1) is 28.8. The molecule has 1 aliphatic rings. The standard InChI is InChI=1S/C50H93NO8/c1-3-5-7-9-11-13-15-16-17-18-19-20-21-22-23-24-25-26-27-28-30-32-34-36-38-40-46(54)51-43(42-58-50-49(57)48(56)47(55)45(41-52)59-50)44(53)39-37-35-33-31-29-14-12-10-8-6-4-2/h15-16,18-19,21-22,43-45,47-50,52-53,55-57H,3-14,17,20,23-42H2,1-2H3,(H,51,54)/b16-15-,19-18-,22-21-. The van der Waals surface area contributed by atoms with Gasteiger partial charge < -0.3 is 40.3 Å². The van der Waals surface area contributed by atoms with Gasteiger partial charge in [-0.25, -0.2) is 0 Å². The first kappa shape index (κ1) is 55.4. The zero-order valence-electron chi connectivity index (χ0n) is 38.0. The molecule has 7 atom stereocenters. The lowest BCUT2D eigenvalue weighted by atomic mass is 9.99. The highest BCUT2D eigenvalue weighted by Gasteiger charge is 2.44. The van der Waals surface area contributed by atoms with Crippen molar-refractivity contribution in [1.29, 1.82) is 0 Å². The number of allylic oxidation sites excluding steroid dienone is 6. The third kappa shape index (κ3) is 31.0. The minimum Gasteiger partial charge on any atom is -0.394 e. The highest BCUT2D eigenvalue weighted by molar-refractivity contribution is 5.76. The van der Waals surface area contributed by atoms with Gasteiger partial charge in [-0.05, 0) is 51.4 Å². The van der Waals surface area contributed by atoms with E-state index in [4.69, 9.17) is 9.47 Å². The van der Waals surface area contributed by atoms with Crippen LogP contribution in [-0.4, -0.2) is 87.5 Å². The number of rotatable bonds is 41. The fourth-order valence-corrected chi connectivity index (χ4v) is 7.76. The third-order valence-electron chi connectivity index (χ3n) is 11.7. The Balaban J connectivity index is 2.23. The SMILES string of the molecule is CCCCCCC/C=C\C/C=C\C/C=C\CCCCCCCCCCCCC(=O)NC(COC1OC(CO)C(O)C(O)C1O)C(O)CCCCCCCCCCCCC. The molecule has 59 heavy (non-hydrogen) atoms. The lowest BCUT2D eigenvalue weighted by Crippen LogP contribution is -2.60. The van der Waals surface area contributed by atoms with Crippen LogP contribution in [0.15, 0.2) is 36.5 Å². The molecular weight excluding hydrogens is 743 g/mol. The number of hydrogen-bond acceptors (Lipinski definition) is 8. The molecule has 0 radical (unpaired) electrons. The molecule has 1 rings (SSSR count). The zero-order valence-corrected chi connectivity index (χ0v) is 38.0. The van der Waals surface area contributed by atoms with Gasteiger partial charge in [0.05, 0.1) is 25.4 Å². The van der Waals surface area contributed by atoms with Crippen molar-refractivity contribution in [1.82, 2.24) is 5.32 Å². The van der Waals surface area contributed by atoms with E-state index >= 15 is 0 Å². The van der Waals surface area contributed by atoms with Crippen molar-refractivity contribution < 1.29 is 39.8 Å². The number of aliphatic hydroxyl groups is 5. The molecule has 1 aliphatic heterocycles. The summed E-state index contributed by atoms with van der Waals surface area (Å²) in [5.74, 6) is -0.150. The summed E-state index contributed by atoms with van der Waals surface area (Å²) in [6.45, 7) is 3.81. The topological polar surface area (TPSA) is 149 Å². The Hall–Kier alpha value is -1.59. The van der Waals surface area contributed by atoms with Crippen molar-refractivity contribution in [3.05, 3.63) is 36.5 Å². The minimum absolute atomic E-state index is 0.139. The number of hydrogen-bond donors (Lipinski definition) is 6. The summed E-state index contributed by atoms with van der Waals surface area (Å²) >= 11 is 0. The molecule has 0 aromatic heterocycles. The molecule has 0 bridgehead atoms. The van der Waals surface area contributed by atoms with Gasteiger partial charge in [0, 0.05) is 6.42 Å². The van der Waals surface area contributed by atoms with Crippen molar-refractivity contribution in [2.45, 2.75) is 262 Å². The first-order valence-electron chi connectivity index (χ1n) is 24.7. The lowest BCUT2D eigenvalue weighted by molar-refractivity contribution is -0.302. The van der Waals surface area contributed by atoms with Gasteiger partial charge in [-0.3, -0.25) is 4.79 Å². The van der Waals surface area contributed by atoms with E-state index in [1.807, 2.05) is 0 Å². The van der Waals surface area contributed by atoms with E-state index in [2.05, 4.69) is 55.6 Å². The number of carbonyl (C=O) groups excluding carboxylic acids is 1. The zero-order chi connectivity index (χ0) is 43.0. The van der Waals surface area contributed by atoms with E-state index in [9.17, 15) is 30.3 Å². The monoisotopic (exact) mass is 836 g/mol. The lowest BCUT2D eigenvalue weighted by Gasteiger charge is -2.40. The van der Waals surface area contributed by atoms with Crippen LogP contribution in [0.2, 0.25) is 0 Å². The van der Waals surface area contributed by atoms with Crippen molar-refractivity contribution >= 4 is 5.91 Å². The Bertz CT molecular complexity index is 1020. The summed E-state index contributed by atoms with van der Waals surface area (Å²) in [5.41, 5.74) is 0. The Kier molecular flexibility index (Phi) is 38.0. The summed E-state index contributed by atoms with van der Waals surface area (Å²) in [7, 11) is 0. The minimum atomic E-state index is -1.55. The van der Waals surface area contributed by atoms with Crippen LogP contribution in [0.5, 0.6) is 0 Å². The number of unbranched alkanes of at least 4 members (excludes halogenated alkanes) is 25. The second-order valence-corrected chi connectivity index (χ2v) is 17.3. The van der Waals surface area contributed by atoms with Gasteiger partial charge in [-0.1, -0.05) is 198 Å². The average molecular weight is 836 g/mol. The fourth-order valence-electron chi connectivity index (χ4n) is 7.76. The predicted molar refractivity (Wildman–Crippen MR) is 244 cm³/mol. The van der Waals surface area contributed by atoms with Gasteiger partial charge in [0.1, 0.15) is 24.4 Å². The molecule has 0 aromatic rings. The maximum atomic E-state index is 13.0. The first-order valence-corrected chi connectivity index (χ1v) is 24.7. The number of amides is 1. The average Bonchev–Trinajstić information content (AvgIpc) is 3.23. The maximum Gasteiger partial charge on any atom is 0.220 e. The Labute approximate surface area is 361 Å². The summed E-state index contributed by atoms with van der Waals surface area (Å²) in [6.07, 6.45) is 43.0. The number of aliphatic hydroxyl groups excluding tert-OH is 5. The van der Waals surface area contributed by atoms with Crippen LogP contribution in [0.4, 0.5) is 0 Å². The van der Waals surface area contributed by atoms with E-state index < -0.39 is 49.5 Å². The molecular formula is C50H93NO8. The van der Waals surface area contributed by atoms with E-state index in [1.165, 1.54) is 141 Å². The molecule has 1 saturated heterocycles. The van der Waals surface area contributed by atoms with Gasteiger partial charge in [-0.15, -0.1) is 0 Å². The quantitative estimate of drug-likeness (QED) is 0.0263. The van der Waals surface area contributed by atoms with E-state index in [-0.39, 0.29) is 12.5 Å². The van der Waals surface area contributed by atoms with Crippen molar-refractivity contribution in [3.63, 3.8) is 0 Å². The van der Waals surface area contributed by atoms with Crippen LogP contribution in [0.25, 0.3) is 0 Å². The van der Waals surface area contributed by atoms with E-state index in [1.54, 1.807) is 0 Å². The van der Waals surface area contributed by atoms with Gasteiger partial charge >= 0.3 is 0 Å². The predicted octanol–water partition coefficient (Wildman–Crippen LogP) is 10.8. The molecule has 1 heterocycles. The highest BCUT2D eigenvalue weighted by Crippen LogP contribution is 2.23. The number of nitrogens with one attached hydrogen (secondary N) is 1. The van der Waals surface area contributed by atoms with Crippen LogP contribution < -0.4 is 5.32 Å². The molecule has 0 spiro atoms. The van der Waals surface area contributed by atoms with Gasteiger partial charge in [0.15, 0.2) is 6.29 Å². The Morgan fingerprint density at radius 1 is 0.576 bits per heavy atom. The van der Waals surface area contributed by atoms with Gasteiger partial charge in [0.2, 0.25) is 5.91 Å². The number of ether oxygens (including phenoxy) is 2. The number of carbonyl (C=O) groups is 1. The molecule has 0 aromatic carbocycles. The van der Waals surface area contributed by atoms with Crippen molar-refractivity contribution in [2.24, 2.45) is 0 Å². The van der Waals surface area contributed by atoms with E-state index in [0.717, 1.165) is 51.4 Å². The third-order valence-corrected chi connectivity index (χ3v) is 11.7. The van der Waals surface area contributed by atoms with Gasteiger partial charge in [0.25, 0.3) is 0 Å². The van der Waals surface area contributed by atoms with Crippen LogP contribution in [-0.2, 0) is 14.3 Å². The normalized spacial score (nSPS) is 21.0. The summed E-state index contributed by atoms with van der Waals surface area (Å²) < 4.78 is 11.3. The smallest absolute Gasteiger partial charge is 0.220 e. The largest absolute Gasteiger partial charge is 0.394 e. The fraction of sp³-hybridized carbons (Fsp3) is 0.860. The molecule has 9 heteroatoms. The molecule has 346 valence electrons. The molecule has 1 fully saturated rings. The molecule has 1 amide bonds. The molecule has 9 nitrogen and oxygen atoms in total. The summed E-state index contributed by atoms with van der Waals surface area (Å²) in [4.78, 5) is 13.0. The van der Waals surface area contributed by atoms with Crippen LogP contribution in [0.3, 0.4) is 0 Å². The second kappa shape index (κ2) is 40.5. The molecule has 0 saturated carbocycles. The van der Waals surface area contributed by atoms with Crippen molar-refractivity contribution in [3.8, 4) is 0 Å². The summed E-state index contributed by atoms with van der Waals surface area (Å²) in [6, 6.07) is -0.719. The molecule has 0 aliphatic carbocycles. The van der Waals surface area contributed by atoms with Crippen LogP contribution in [0.1, 0.15) is 219 Å². The Morgan fingerprint density at radius 2 is 1.00 bits per heavy atom. The maximum absolute atomic E-state index is 13.0. The van der Waals surface area contributed by atoms with Crippen molar-refractivity contribution in [2.75, 3.05) is 13.2 Å². The highest BCUT2D eigenvalue weighted by atomic mass is 16.7. The van der Waals surface area contributed by atoms with Crippen LogP contribution >= 0.6 is 0 Å². The molecule has 7 unspecified atom stereocenters. The van der Waals surface area contributed by atoms with Crippen LogP contribution in [0, 0.1) is 0 Å². The van der Waals surface area contributed by atoms with E-state index in [0.29, 0.717) is 12.8 Å². The molecule has 6 N–H and O–H groups in total. The summed E-state index contributed by atoms with van der Waals surface area (Å²) in [5, 5.41) is 54.3. The second-order valence-electron chi connectivity index (χ2n) is 17.3.